The number of hydrogen-bond acceptors (Lipinski definition) is 1. The third kappa shape index (κ3) is 4.37. The summed E-state index contributed by atoms with van der Waals surface area (Å²) < 4.78 is 2.75. The summed E-state index contributed by atoms with van der Waals surface area (Å²) in [5.74, 6) is 0. The molecule has 11 aromatic rings. The molecule has 0 unspecified atom stereocenters. The molecule has 0 aliphatic heterocycles. The fourth-order valence-corrected chi connectivity index (χ4v) is 10.7. The average molecular weight is 701 g/mol. The Balaban J connectivity index is 1.05. The summed E-state index contributed by atoms with van der Waals surface area (Å²) in [7, 11) is 0. The highest BCUT2D eigenvalue weighted by Crippen LogP contribution is 2.50. The third-order valence-corrected chi connectivity index (χ3v) is 13.0. The molecule has 0 saturated carbocycles. The molecule has 12 rings (SSSR count). The van der Waals surface area contributed by atoms with Crippen molar-refractivity contribution in [1.29, 1.82) is 0 Å². The second-order valence-electron chi connectivity index (χ2n) is 14.8. The van der Waals surface area contributed by atoms with Crippen molar-refractivity contribution in [2.45, 2.75) is 6.42 Å². The van der Waals surface area contributed by atoms with Crippen LogP contribution in [0.2, 0.25) is 0 Å². The molecule has 1 heterocycles. The molecule has 10 aromatic carbocycles. The van der Waals surface area contributed by atoms with Gasteiger partial charge in [0, 0.05) is 25.7 Å². The highest BCUT2D eigenvalue weighted by molar-refractivity contribution is 7.26. The average Bonchev–Trinajstić information content (AvgIpc) is 3.81. The summed E-state index contributed by atoms with van der Waals surface area (Å²) in [6.07, 6.45) is 1.00. The monoisotopic (exact) mass is 700 g/mol. The van der Waals surface area contributed by atoms with E-state index in [2.05, 4.69) is 182 Å². The topological polar surface area (TPSA) is 0 Å². The number of fused-ring (bicyclic) bond motifs is 12. The Morgan fingerprint density at radius 1 is 0.296 bits per heavy atom. The van der Waals surface area contributed by atoms with Crippen molar-refractivity contribution in [3.8, 4) is 44.5 Å². The zero-order valence-corrected chi connectivity index (χ0v) is 30.3. The summed E-state index contributed by atoms with van der Waals surface area (Å²) in [6, 6.07) is 67.9. The van der Waals surface area contributed by atoms with E-state index < -0.39 is 0 Å². The van der Waals surface area contributed by atoms with Gasteiger partial charge >= 0.3 is 0 Å². The molecule has 0 nitrogen and oxygen atoms in total. The Kier molecular flexibility index (Phi) is 6.37. The van der Waals surface area contributed by atoms with Crippen LogP contribution >= 0.6 is 11.3 Å². The largest absolute Gasteiger partial charge is 0.134 e. The summed E-state index contributed by atoms with van der Waals surface area (Å²) in [6.45, 7) is 0. The van der Waals surface area contributed by atoms with Gasteiger partial charge in [-0.2, -0.15) is 0 Å². The van der Waals surface area contributed by atoms with Crippen molar-refractivity contribution >= 4 is 74.6 Å². The van der Waals surface area contributed by atoms with Gasteiger partial charge in [-0.1, -0.05) is 164 Å². The minimum absolute atomic E-state index is 1.00. The number of rotatable bonds is 3. The minimum Gasteiger partial charge on any atom is -0.134 e. The minimum atomic E-state index is 1.00. The Hall–Kier alpha value is -6.54. The second kappa shape index (κ2) is 11.5. The van der Waals surface area contributed by atoms with E-state index in [0.29, 0.717) is 0 Å². The van der Waals surface area contributed by atoms with Crippen LogP contribution in [-0.2, 0) is 6.42 Å². The highest BCUT2D eigenvalue weighted by atomic mass is 32.1. The maximum absolute atomic E-state index is 2.46. The first-order valence-electron chi connectivity index (χ1n) is 18.8. The van der Waals surface area contributed by atoms with Crippen molar-refractivity contribution in [3.63, 3.8) is 0 Å². The molecule has 0 spiro atoms. The fourth-order valence-electron chi connectivity index (χ4n) is 9.38. The fraction of sp³-hybridized carbons (Fsp3) is 0.0189. The van der Waals surface area contributed by atoms with Crippen molar-refractivity contribution in [1.82, 2.24) is 0 Å². The molecule has 0 saturated heterocycles. The van der Waals surface area contributed by atoms with Crippen LogP contribution in [0.3, 0.4) is 0 Å². The van der Waals surface area contributed by atoms with E-state index >= 15 is 0 Å². The smallest absolute Gasteiger partial charge is 0.0437 e. The Labute approximate surface area is 317 Å². The molecule has 0 fully saturated rings. The van der Waals surface area contributed by atoms with E-state index in [4.69, 9.17) is 0 Å². The van der Waals surface area contributed by atoms with Gasteiger partial charge in [0.15, 0.2) is 0 Å². The molecular weight excluding hydrogens is 669 g/mol. The summed E-state index contributed by atoms with van der Waals surface area (Å²) in [5, 5.41) is 13.0. The van der Waals surface area contributed by atoms with E-state index in [9.17, 15) is 0 Å². The van der Waals surface area contributed by atoms with Gasteiger partial charge in [-0.3, -0.25) is 0 Å². The Morgan fingerprint density at radius 2 is 0.815 bits per heavy atom. The normalized spacial score (nSPS) is 12.4. The first kappa shape index (κ1) is 30.0. The van der Waals surface area contributed by atoms with E-state index in [1.54, 1.807) is 0 Å². The molecule has 0 amide bonds. The van der Waals surface area contributed by atoms with Crippen LogP contribution in [0.15, 0.2) is 182 Å². The van der Waals surface area contributed by atoms with Gasteiger partial charge in [-0.25, -0.2) is 0 Å². The first-order chi connectivity index (χ1) is 26.8. The van der Waals surface area contributed by atoms with Crippen molar-refractivity contribution in [2.24, 2.45) is 0 Å². The molecule has 0 atom stereocenters. The zero-order chi connectivity index (χ0) is 35.3. The van der Waals surface area contributed by atoms with Crippen LogP contribution in [0.25, 0.3) is 108 Å². The summed E-state index contributed by atoms with van der Waals surface area (Å²) in [4.78, 5) is 0. The van der Waals surface area contributed by atoms with Gasteiger partial charge in [0.05, 0.1) is 0 Å². The summed E-state index contributed by atoms with van der Waals surface area (Å²) in [5.41, 5.74) is 13.4. The number of hydrogen-bond donors (Lipinski definition) is 0. The zero-order valence-electron chi connectivity index (χ0n) is 29.4. The van der Waals surface area contributed by atoms with Gasteiger partial charge < -0.3 is 0 Å². The van der Waals surface area contributed by atoms with E-state index in [1.807, 2.05) is 11.3 Å². The summed E-state index contributed by atoms with van der Waals surface area (Å²) >= 11 is 1.96. The van der Waals surface area contributed by atoms with Gasteiger partial charge in [0.2, 0.25) is 0 Å². The molecule has 1 aliphatic rings. The van der Waals surface area contributed by atoms with E-state index in [-0.39, 0.29) is 0 Å². The third-order valence-electron chi connectivity index (χ3n) is 11.8. The molecular formula is C53H32S. The first-order valence-corrected chi connectivity index (χ1v) is 19.6. The predicted octanol–water partition coefficient (Wildman–Crippen LogP) is 15.2. The number of benzene rings is 10. The lowest BCUT2D eigenvalue weighted by atomic mass is 9.85. The van der Waals surface area contributed by atoms with Gasteiger partial charge in [0.1, 0.15) is 0 Å². The van der Waals surface area contributed by atoms with Gasteiger partial charge in [-0.15, -0.1) is 11.3 Å². The van der Waals surface area contributed by atoms with Crippen molar-refractivity contribution in [2.75, 3.05) is 0 Å². The molecule has 1 aromatic heterocycles. The van der Waals surface area contributed by atoms with Crippen LogP contribution in [0.4, 0.5) is 0 Å². The molecule has 0 radical (unpaired) electrons. The van der Waals surface area contributed by atoms with Crippen LogP contribution in [0.5, 0.6) is 0 Å². The Bertz CT molecular complexity index is 3290. The quantitative estimate of drug-likeness (QED) is 0.161. The molecule has 0 N–H and O–H groups in total. The second-order valence-corrected chi connectivity index (χ2v) is 15.8. The maximum Gasteiger partial charge on any atom is 0.0437 e. The van der Waals surface area contributed by atoms with Crippen LogP contribution in [0.1, 0.15) is 11.1 Å². The van der Waals surface area contributed by atoms with Gasteiger partial charge in [0.25, 0.3) is 0 Å². The SMILES string of the molecule is c1ccc(-c2ccc3cc(-c4c5ccccc5c(-c5ccc6c(c5)sc5c7c(ccc56)Cc5ccc6ccccc6c5-7)c5ccccc45)ccc3c2)cc1. The molecule has 1 aliphatic carbocycles. The Morgan fingerprint density at radius 3 is 1.54 bits per heavy atom. The molecule has 54 heavy (non-hydrogen) atoms. The lowest BCUT2D eigenvalue weighted by Gasteiger charge is -2.18. The maximum atomic E-state index is 2.46. The van der Waals surface area contributed by atoms with Crippen molar-refractivity contribution < 1.29 is 0 Å². The van der Waals surface area contributed by atoms with E-state index in [0.717, 1.165) is 6.42 Å². The van der Waals surface area contributed by atoms with Crippen LogP contribution < -0.4 is 0 Å². The van der Waals surface area contributed by atoms with Crippen molar-refractivity contribution in [3.05, 3.63) is 193 Å². The highest BCUT2D eigenvalue weighted by Gasteiger charge is 2.25. The lowest BCUT2D eigenvalue weighted by Crippen LogP contribution is -1.91. The molecule has 1 heteroatoms. The molecule has 0 bridgehead atoms. The number of thiophene rings is 1. The van der Waals surface area contributed by atoms with Crippen LogP contribution in [0, 0.1) is 0 Å². The lowest BCUT2D eigenvalue weighted by molar-refractivity contribution is 1.27. The van der Waals surface area contributed by atoms with E-state index in [1.165, 1.54) is 119 Å². The van der Waals surface area contributed by atoms with Gasteiger partial charge in [-0.05, 0) is 118 Å². The van der Waals surface area contributed by atoms with Crippen LogP contribution in [-0.4, -0.2) is 0 Å². The predicted molar refractivity (Wildman–Crippen MR) is 234 cm³/mol. The standard InChI is InChI=1S/C53H32S/c1-2-10-32(11-3-1)34-19-20-36-29-37(23-21-35(36)28-34)49-43-14-6-8-16-45(43)50(46-17-9-7-15-44(46)49)40-24-26-42-47-27-25-39-30-38-22-18-33-12-4-5-13-41(33)51(38)52(39)53(47)54-48(42)31-40/h1-29,31H,30H2. The molecule has 250 valence electrons.